The smallest absolute Gasteiger partial charge is 0.326 e. The van der Waals surface area contributed by atoms with Gasteiger partial charge in [0, 0.05) is 5.56 Å². The van der Waals surface area contributed by atoms with Crippen LogP contribution in [0.1, 0.15) is 19.4 Å². The van der Waals surface area contributed by atoms with Crippen molar-refractivity contribution in [3.05, 3.63) is 35.4 Å². The first-order valence-corrected chi connectivity index (χ1v) is 5.78. The second-order valence-corrected chi connectivity index (χ2v) is 4.52. The van der Waals surface area contributed by atoms with Gasteiger partial charge in [-0.3, -0.25) is 4.79 Å². The summed E-state index contributed by atoms with van der Waals surface area (Å²) in [6.45, 7) is 3.28. The molecule has 6 heteroatoms. The zero-order chi connectivity index (χ0) is 14.6. The summed E-state index contributed by atoms with van der Waals surface area (Å²) in [5.74, 6) is -4.26. The standard InChI is InChI=1S/C13H15F2NO3/c1-7(2)12(13(18)19)16-10(17)6-8-4-3-5-9(14)11(8)15/h3-5,7,12H,6H2,1-2H3,(H,16,17)(H,18,19). The molecule has 0 fully saturated rings. The van der Waals surface area contributed by atoms with Crippen LogP contribution in [0.25, 0.3) is 0 Å². The predicted molar refractivity (Wildman–Crippen MR) is 64.5 cm³/mol. The van der Waals surface area contributed by atoms with Crippen molar-refractivity contribution >= 4 is 11.9 Å². The van der Waals surface area contributed by atoms with Gasteiger partial charge < -0.3 is 10.4 Å². The van der Waals surface area contributed by atoms with Crippen LogP contribution < -0.4 is 5.32 Å². The molecule has 0 aliphatic heterocycles. The number of carbonyl (C=O) groups excluding carboxylic acids is 1. The number of rotatable bonds is 5. The van der Waals surface area contributed by atoms with Crippen LogP contribution in [0.3, 0.4) is 0 Å². The van der Waals surface area contributed by atoms with Gasteiger partial charge in [-0.1, -0.05) is 26.0 Å². The minimum Gasteiger partial charge on any atom is -0.480 e. The normalized spacial score (nSPS) is 12.3. The third kappa shape index (κ3) is 4.01. The third-order valence-corrected chi connectivity index (χ3v) is 2.63. The van der Waals surface area contributed by atoms with E-state index in [1.807, 2.05) is 0 Å². The summed E-state index contributed by atoms with van der Waals surface area (Å²) in [4.78, 5) is 22.5. The first kappa shape index (κ1) is 15.1. The molecule has 0 aliphatic carbocycles. The fraction of sp³-hybridized carbons (Fsp3) is 0.385. The second-order valence-electron chi connectivity index (χ2n) is 4.52. The van der Waals surface area contributed by atoms with E-state index in [4.69, 9.17) is 5.11 Å². The molecule has 104 valence electrons. The summed E-state index contributed by atoms with van der Waals surface area (Å²) >= 11 is 0. The van der Waals surface area contributed by atoms with Crippen LogP contribution in [0.5, 0.6) is 0 Å². The SMILES string of the molecule is CC(C)C(NC(=O)Cc1cccc(F)c1F)C(=O)O. The van der Waals surface area contributed by atoms with E-state index in [0.717, 1.165) is 6.07 Å². The zero-order valence-corrected chi connectivity index (χ0v) is 10.6. The molecule has 0 bridgehead atoms. The fourth-order valence-corrected chi connectivity index (χ4v) is 1.60. The number of carboxylic acid groups (broad SMARTS) is 1. The van der Waals surface area contributed by atoms with Crippen LogP contribution in [0.4, 0.5) is 8.78 Å². The molecule has 0 radical (unpaired) electrons. The summed E-state index contributed by atoms with van der Waals surface area (Å²) in [6.07, 6.45) is -0.403. The minimum atomic E-state index is -1.16. The number of aliphatic carboxylic acids is 1. The molecule has 0 aliphatic rings. The predicted octanol–water partition coefficient (Wildman–Crippen LogP) is 1.73. The molecule has 0 saturated carbocycles. The van der Waals surface area contributed by atoms with E-state index in [-0.39, 0.29) is 11.5 Å². The first-order valence-electron chi connectivity index (χ1n) is 5.78. The Morgan fingerprint density at radius 1 is 1.32 bits per heavy atom. The van der Waals surface area contributed by atoms with Gasteiger partial charge in [0.25, 0.3) is 0 Å². The number of nitrogens with one attached hydrogen (secondary N) is 1. The summed E-state index contributed by atoms with van der Waals surface area (Å²) in [5.41, 5.74) is -0.106. The van der Waals surface area contributed by atoms with Gasteiger partial charge in [-0.15, -0.1) is 0 Å². The summed E-state index contributed by atoms with van der Waals surface area (Å²) in [5, 5.41) is 11.2. The van der Waals surface area contributed by atoms with E-state index in [9.17, 15) is 18.4 Å². The number of carboxylic acids is 1. The molecular weight excluding hydrogens is 256 g/mol. The van der Waals surface area contributed by atoms with Crippen LogP contribution >= 0.6 is 0 Å². The van der Waals surface area contributed by atoms with E-state index < -0.39 is 36.0 Å². The fourth-order valence-electron chi connectivity index (χ4n) is 1.60. The van der Waals surface area contributed by atoms with Crippen molar-refractivity contribution in [1.29, 1.82) is 0 Å². The molecule has 0 aromatic heterocycles. The number of amides is 1. The Kier molecular flexibility index (Phi) is 4.97. The highest BCUT2D eigenvalue weighted by Crippen LogP contribution is 2.12. The van der Waals surface area contributed by atoms with Crippen molar-refractivity contribution in [3.63, 3.8) is 0 Å². The van der Waals surface area contributed by atoms with E-state index in [1.165, 1.54) is 12.1 Å². The highest BCUT2D eigenvalue weighted by Gasteiger charge is 2.23. The molecule has 1 aromatic rings. The molecule has 1 amide bonds. The van der Waals surface area contributed by atoms with E-state index in [2.05, 4.69) is 5.32 Å². The largest absolute Gasteiger partial charge is 0.480 e. The van der Waals surface area contributed by atoms with Gasteiger partial charge in [0.1, 0.15) is 6.04 Å². The van der Waals surface area contributed by atoms with Gasteiger partial charge in [-0.2, -0.15) is 0 Å². The Balaban J connectivity index is 2.75. The molecule has 1 rings (SSSR count). The zero-order valence-electron chi connectivity index (χ0n) is 10.6. The summed E-state index contributed by atoms with van der Waals surface area (Å²) in [7, 11) is 0. The monoisotopic (exact) mass is 271 g/mol. The maximum absolute atomic E-state index is 13.3. The van der Waals surface area contributed by atoms with Crippen LogP contribution in [-0.2, 0) is 16.0 Å². The quantitative estimate of drug-likeness (QED) is 0.857. The molecule has 4 nitrogen and oxygen atoms in total. The van der Waals surface area contributed by atoms with E-state index in [1.54, 1.807) is 13.8 Å². The topological polar surface area (TPSA) is 66.4 Å². The van der Waals surface area contributed by atoms with Gasteiger partial charge in [0.05, 0.1) is 6.42 Å². The number of benzene rings is 1. The summed E-state index contributed by atoms with van der Waals surface area (Å²) in [6, 6.07) is 2.47. The Morgan fingerprint density at radius 2 is 1.95 bits per heavy atom. The molecular formula is C13H15F2NO3. The van der Waals surface area contributed by atoms with Crippen molar-refractivity contribution < 1.29 is 23.5 Å². The van der Waals surface area contributed by atoms with Crippen LogP contribution in [-0.4, -0.2) is 23.0 Å². The van der Waals surface area contributed by atoms with Crippen LogP contribution in [0.2, 0.25) is 0 Å². The van der Waals surface area contributed by atoms with Gasteiger partial charge in [0.2, 0.25) is 5.91 Å². The number of halogens is 2. The molecule has 1 aromatic carbocycles. The average molecular weight is 271 g/mol. The van der Waals surface area contributed by atoms with Gasteiger partial charge in [-0.05, 0) is 12.0 Å². The first-order chi connectivity index (χ1) is 8.82. The maximum Gasteiger partial charge on any atom is 0.326 e. The minimum absolute atomic E-state index is 0.106. The molecule has 19 heavy (non-hydrogen) atoms. The highest BCUT2D eigenvalue weighted by molar-refractivity contribution is 5.85. The van der Waals surface area contributed by atoms with Gasteiger partial charge >= 0.3 is 5.97 Å². The van der Waals surface area contributed by atoms with Crippen molar-refractivity contribution in [2.24, 2.45) is 5.92 Å². The van der Waals surface area contributed by atoms with Crippen molar-refractivity contribution in [2.45, 2.75) is 26.3 Å². The lowest BCUT2D eigenvalue weighted by Crippen LogP contribution is -2.45. The van der Waals surface area contributed by atoms with Crippen LogP contribution in [0.15, 0.2) is 18.2 Å². The van der Waals surface area contributed by atoms with E-state index in [0.29, 0.717) is 0 Å². The maximum atomic E-state index is 13.3. The Bertz CT molecular complexity index is 489. The van der Waals surface area contributed by atoms with Crippen LogP contribution in [0, 0.1) is 17.6 Å². The Morgan fingerprint density at radius 3 is 2.47 bits per heavy atom. The lowest BCUT2D eigenvalue weighted by atomic mass is 10.0. The molecule has 1 atom stereocenters. The second kappa shape index (κ2) is 6.26. The van der Waals surface area contributed by atoms with Crippen molar-refractivity contribution in [2.75, 3.05) is 0 Å². The van der Waals surface area contributed by atoms with Crippen molar-refractivity contribution in [3.8, 4) is 0 Å². The average Bonchev–Trinajstić information content (AvgIpc) is 2.31. The summed E-state index contributed by atoms with van der Waals surface area (Å²) < 4.78 is 26.3. The Hall–Kier alpha value is -1.98. The number of hydrogen-bond donors (Lipinski definition) is 2. The molecule has 1 unspecified atom stereocenters. The van der Waals surface area contributed by atoms with Gasteiger partial charge in [0.15, 0.2) is 11.6 Å². The van der Waals surface area contributed by atoms with E-state index >= 15 is 0 Å². The highest BCUT2D eigenvalue weighted by atomic mass is 19.2. The molecule has 0 spiro atoms. The number of hydrogen-bond acceptors (Lipinski definition) is 2. The molecule has 0 heterocycles. The molecule has 0 saturated heterocycles. The lowest BCUT2D eigenvalue weighted by molar-refractivity contribution is -0.143. The Labute approximate surface area is 109 Å². The van der Waals surface area contributed by atoms with Gasteiger partial charge in [-0.25, -0.2) is 13.6 Å². The number of carbonyl (C=O) groups is 2. The van der Waals surface area contributed by atoms with Crippen molar-refractivity contribution in [1.82, 2.24) is 5.32 Å². The third-order valence-electron chi connectivity index (χ3n) is 2.63. The molecule has 2 N–H and O–H groups in total. The lowest BCUT2D eigenvalue weighted by Gasteiger charge is -2.17.